The van der Waals surface area contributed by atoms with Gasteiger partial charge in [-0.1, -0.05) is 82.1 Å². The monoisotopic (exact) mass is 430 g/mol. The molecule has 2 heteroatoms. The van der Waals surface area contributed by atoms with E-state index in [1.165, 1.54) is 102 Å². The first-order valence-corrected chi connectivity index (χ1v) is 13.6. The van der Waals surface area contributed by atoms with Crippen LogP contribution in [0.3, 0.4) is 0 Å². The number of nitrogen functional groups attached to an aromatic ring is 1. The summed E-state index contributed by atoms with van der Waals surface area (Å²) in [7, 11) is 0. The lowest BCUT2D eigenvalue weighted by atomic mass is 9.75. The van der Waals surface area contributed by atoms with Gasteiger partial charge in [-0.25, -0.2) is 0 Å². The first kappa shape index (κ1) is 21.9. The third kappa shape index (κ3) is 4.85. The molecule has 0 aliphatic heterocycles. The second-order valence-electron chi connectivity index (χ2n) is 10.8. The van der Waals surface area contributed by atoms with Crippen LogP contribution < -0.4 is 11.1 Å². The number of benzene rings is 2. The molecule has 3 saturated carbocycles. The summed E-state index contributed by atoms with van der Waals surface area (Å²) in [6, 6.07) is 13.6. The summed E-state index contributed by atoms with van der Waals surface area (Å²) in [6.07, 6.45) is 20.7. The van der Waals surface area contributed by atoms with E-state index in [9.17, 15) is 0 Å². The first-order valence-electron chi connectivity index (χ1n) is 13.6. The van der Waals surface area contributed by atoms with Crippen LogP contribution in [0.2, 0.25) is 0 Å². The van der Waals surface area contributed by atoms with E-state index in [1.807, 2.05) is 12.1 Å². The third-order valence-electron chi connectivity index (χ3n) is 8.61. The second-order valence-corrected chi connectivity index (χ2v) is 10.8. The highest BCUT2D eigenvalue weighted by molar-refractivity contribution is 5.76. The fraction of sp³-hybridized carbons (Fsp3) is 0.600. The van der Waals surface area contributed by atoms with Gasteiger partial charge in [0, 0.05) is 5.69 Å². The van der Waals surface area contributed by atoms with Crippen LogP contribution in [0.25, 0.3) is 0 Å². The maximum Gasteiger partial charge on any atom is 0.0618 e. The zero-order chi connectivity index (χ0) is 21.8. The van der Waals surface area contributed by atoms with Gasteiger partial charge in [-0.05, 0) is 85.1 Å². The molecule has 0 atom stereocenters. The Bertz CT molecular complexity index is 844. The van der Waals surface area contributed by atoms with Gasteiger partial charge in [0.25, 0.3) is 0 Å². The maximum atomic E-state index is 6.41. The Morgan fingerprint density at radius 1 is 0.594 bits per heavy atom. The van der Waals surface area contributed by atoms with Gasteiger partial charge in [-0.2, -0.15) is 0 Å². The molecule has 0 aromatic heterocycles. The van der Waals surface area contributed by atoms with Crippen molar-refractivity contribution in [3.05, 3.63) is 53.1 Å². The van der Waals surface area contributed by atoms with Crippen LogP contribution in [0, 0.1) is 0 Å². The van der Waals surface area contributed by atoms with Gasteiger partial charge in [0.1, 0.15) is 0 Å². The third-order valence-corrected chi connectivity index (χ3v) is 8.61. The highest BCUT2D eigenvalue weighted by Gasteiger charge is 2.28. The van der Waals surface area contributed by atoms with Gasteiger partial charge in [-0.3, -0.25) is 0 Å². The topological polar surface area (TPSA) is 38.0 Å². The summed E-state index contributed by atoms with van der Waals surface area (Å²) in [5.41, 5.74) is 14.6. The molecular weight excluding hydrogens is 388 g/mol. The van der Waals surface area contributed by atoms with Crippen LogP contribution in [0.15, 0.2) is 36.4 Å². The summed E-state index contributed by atoms with van der Waals surface area (Å²) < 4.78 is 0. The van der Waals surface area contributed by atoms with Crippen LogP contribution >= 0.6 is 0 Å². The average molecular weight is 431 g/mol. The van der Waals surface area contributed by atoms with E-state index in [2.05, 4.69) is 29.6 Å². The minimum atomic E-state index is 0.696. The van der Waals surface area contributed by atoms with Gasteiger partial charge in [0.05, 0.1) is 11.4 Å². The van der Waals surface area contributed by atoms with Crippen molar-refractivity contribution in [1.82, 2.24) is 0 Å². The van der Waals surface area contributed by atoms with Crippen molar-refractivity contribution in [2.75, 3.05) is 11.1 Å². The summed E-state index contributed by atoms with van der Waals surface area (Å²) in [4.78, 5) is 0. The molecule has 2 nitrogen and oxygen atoms in total. The fourth-order valence-corrected chi connectivity index (χ4v) is 6.74. The Morgan fingerprint density at radius 2 is 1.06 bits per heavy atom. The largest absolute Gasteiger partial charge is 0.397 e. The van der Waals surface area contributed by atoms with E-state index in [1.54, 1.807) is 16.7 Å². The fourth-order valence-electron chi connectivity index (χ4n) is 6.74. The smallest absolute Gasteiger partial charge is 0.0618 e. The number of hydrogen-bond donors (Lipinski definition) is 2. The number of para-hydroxylation sites is 2. The Balaban J connectivity index is 1.62. The Kier molecular flexibility index (Phi) is 7.05. The molecule has 3 aliphatic rings. The molecule has 0 bridgehead atoms. The van der Waals surface area contributed by atoms with E-state index in [0.717, 1.165) is 17.3 Å². The van der Waals surface area contributed by atoms with Crippen LogP contribution in [0.4, 0.5) is 17.1 Å². The number of anilines is 3. The van der Waals surface area contributed by atoms with Gasteiger partial charge in [-0.15, -0.1) is 0 Å². The van der Waals surface area contributed by atoms with Crippen molar-refractivity contribution in [2.45, 2.75) is 114 Å². The van der Waals surface area contributed by atoms with Gasteiger partial charge in [0.2, 0.25) is 0 Å². The molecule has 32 heavy (non-hydrogen) atoms. The average Bonchev–Trinajstić information content (AvgIpc) is 2.87. The Morgan fingerprint density at radius 3 is 1.56 bits per heavy atom. The van der Waals surface area contributed by atoms with Gasteiger partial charge < -0.3 is 11.1 Å². The van der Waals surface area contributed by atoms with E-state index in [0.29, 0.717) is 11.8 Å². The van der Waals surface area contributed by atoms with Gasteiger partial charge >= 0.3 is 0 Å². The van der Waals surface area contributed by atoms with E-state index in [-0.39, 0.29) is 0 Å². The minimum Gasteiger partial charge on any atom is -0.397 e. The number of hydrogen-bond acceptors (Lipinski definition) is 2. The molecule has 0 radical (unpaired) electrons. The molecule has 2 aromatic carbocycles. The molecule has 0 unspecified atom stereocenters. The second kappa shape index (κ2) is 10.3. The molecule has 0 spiro atoms. The molecule has 2 aromatic rings. The molecular formula is C30H42N2. The predicted molar refractivity (Wildman–Crippen MR) is 138 cm³/mol. The summed E-state index contributed by atoms with van der Waals surface area (Å²) in [5, 5.41) is 3.91. The molecule has 5 rings (SSSR count). The van der Waals surface area contributed by atoms with Crippen LogP contribution in [0.5, 0.6) is 0 Å². The Hall–Kier alpha value is -1.96. The lowest BCUT2D eigenvalue weighted by Crippen LogP contribution is -2.15. The van der Waals surface area contributed by atoms with Crippen LogP contribution in [0.1, 0.15) is 131 Å². The molecule has 0 amide bonds. The molecule has 172 valence electrons. The molecule has 3 N–H and O–H groups in total. The normalized spacial score (nSPS) is 21.5. The highest BCUT2D eigenvalue weighted by Crippen LogP contribution is 2.47. The molecule has 3 fully saturated rings. The van der Waals surface area contributed by atoms with E-state index >= 15 is 0 Å². The van der Waals surface area contributed by atoms with Gasteiger partial charge in [0.15, 0.2) is 0 Å². The quantitative estimate of drug-likeness (QED) is 0.464. The number of nitrogens with two attached hydrogens (primary N) is 1. The van der Waals surface area contributed by atoms with Crippen LogP contribution in [-0.2, 0) is 0 Å². The Labute approximate surface area is 195 Å². The lowest BCUT2D eigenvalue weighted by molar-refractivity contribution is 0.428. The first-order chi connectivity index (χ1) is 15.8. The van der Waals surface area contributed by atoms with Crippen molar-refractivity contribution in [3.63, 3.8) is 0 Å². The maximum absolute atomic E-state index is 6.41. The lowest BCUT2D eigenvalue weighted by Gasteiger charge is -2.33. The SMILES string of the molecule is Nc1ccccc1Nc1c(C2CCCCC2)cc(C2CCCCC2)cc1C1CCCCC1. The molecule has 0 saturated heterocycles. The number of nitrogens with one attached hydrogen (secondary N) is 1. The number of rotatable bonds is 5. The zero-order valence-corrected chi connectivity index (χ0v) is 19.9. The van der Waals surface area contributed by atoms with Crippen molar-refractivity contribution in [3.8, 4) is 0 Å². The van der Waals surface area contributed by atoms with Crippen molar-refractivity contribution in [1.29, 1.82) is 0 Å². The van der Waals surface area contributed by atoms with Crippen molar-refractivity contribution < 1.29 is 0 Å². The summed E-state index contributed by atoms with van der Waals surface area (Å²) in [5.74, 6) is 2.16. The van der Waals surface area contributed by atoms with E-state index in [4.69, 9.17) is 5.73 Å². The standard InChI is InChI=1S/C30H42N2/c31-28-18-10-11-19-29(28)32-30-26(23-14-6-2-7-15-23)20-25(22-12-4-1-5-13-22)21-27(30)24-16-8-3-9-17-24/h10-11,18-24,32H,1-9,12-17,31H2. The van der Waals surface area contributed by atoms with Crippen LogP contribution in [-0.4, -0.2) is 0 Å². The van der Waals surface area contributed by atoms with Crippen molar-refractivity contribution in [2.24, 2.45) is 0 Å². The summed E-state index contributed by atoms with van der Waals surface area (Å²) in [6.45, 7) is 0. The summed E-state index contributed by atoms with van der Waals surface area (Å²) >= 11 is 0. The van der Waals surface area contributed by atoms with E-state index < -0.39 is 0 Å². The van der Waals surface area contributed by atoms with Crippen molar-refractivity contribution >= 4 is 17.1 Å². The molecule has 3 aliphatic carbocycles. The minimum absolute atomic E-state index is 0.696. The predicted octanol–water partition coefficient (Wildman–Crippen LogP) is 9.16. The zero-order valence-electron chi connectivity index (χ0n) is 19.9. The molecule has 0 heterocycles. The highest BCUT2D eigenvalue weighted by atomic mass is 14.9.